The number of halogens is 3. The van der Waals surface area contributed by atoms with E-state index in [4.69, 9.17) is 0 Å². The molecular weight excluding hydrogens is 427 g/mol. The van der Waals surface area contributed by atoms with Crippen LogP contribution >= 0.6 is 11.3 Å². The molecule has 2 N–H and O–H groups in total. The molecule has 0 bridgehead atoms. The fraction of sp³-hybridized carbons (Fsp3) is 0.455. The van der Waals surface area contributed by atoms with E-state index in [0.29, 0.717) is 32.5 Å². The number of carbonyl (C=O) groups excluding carboxylic acids is 2. The number of thiophene rings is 1. The Hall–Kier alpha value is -2.55. The highest BCUT2D eigenvalue weighted by atomic mass is 32.1. The summed E-state index contributed by atoms with van der Waals surface area (Å²) in [6, 6.07) is 8.11. The molecule has 2 atom stereocenters. The average molecular weight is 454 g/mol. The maximum Gasteiger partial charge on any atom is 0.416 e. The van der Waals surface area contributed by atoms with Gasteiger partial charge in [-0.15, -0.1) is 11.3 Å². The van der Waals surface area contributed by atoms with Gasteiger partial charge in [0.15, 0.2) is 0 Å². The van der Waals surface area contributed by atoms with Crippen LogP contribution in [0.15, 0.2) is 41.8 Å². The summed E-state index contributed by atoms with van der Waals surface area (Å²) in [5.41, 5.74) is -0.688. The van der Waals surface area contributed by atoms with Crippen molar-refractivity contribution in [2.75, 3.05) is 18.4 Å². The molecule has 0 radical (unpaired) electrons. The first kappa shape index (κ1) is 23.1. The number of amides is 3. The van der Waals surface area contributed by atoms with Gasteiger partial charge in [0.05, 0.1) is 12.1 Å². The van der Waals surface area contributed by atoms with E-state index in [9.17, 15) is 22.8 Å². The third kappa shape index (κ3) is 6.46. The van der Waals surface area contributed by atoms with Crippen molar-refractivity contribution < 1.29 is 22.8 Å². The summed E-state index contributed by atoms with van der Waals surface area (Å²) in [7, 11) is 0. The van der Waals surface area contributed by atoms with Crippen molar-refractivity contribution in [2.45, 2.75) is 38.9 Å². The van der Waals surface area contributed by atoms with E-state index in [-0.39, 0.29) is 23.4 Å². The van der Waals surface area contributed by atoms with E-state index in [1.54, 1.807) is 16.2 Å². The van der Waals surface area contributed by atoms with Gasteiger partial charge in [-0.05, 0) is 47.9 Å². The minimum Gasteiger partial charge on any atom is -0.351 e. The maximum absolute atomic E-state index is 12.9. The molecule has 1 aliphatic heterocycles. The van der Waals surface area contributed by atoms with Crippen LogP contribution in [0.1, 0.15) is 36.6 Å². The minimum absolute atomic E-state index is 0.00119. The lowest BCUT2D eigenvalue weighted by Gasteiger charge is -2.38. The van der Waals surface area contributed by atoms with Crippen LogP contribution in [0.25, 0.3) is 0 Å². The summed E-state index contributed by atoms with van der Waals surface area (Å²) in [5, 5.41) is 7.48. The molecular formula is C22H26F3N3O2S. The molecule has 0 aliphatic carbocycles. The van der Waals surface area contributed by atoms with Gasteiger partial charge in [0.2, 0.25) is 5.91 Å². The molecule has 31 heavy (non-hydrogen) atoms. The first-order valence-electron chi connectivity index (χ1n) is 10.3. The second kappa shape index (κ2) is 10.2. The smallest absolute Gasteiger partial charge is 0.351 e. The van der Waals surface area contributed by atoms with Gasteiger partial charge in [-0.1, -0.05) is 25.5 Å². The molecule has 1 fully saturated rings. The highest BCUT2D eigenvalue weighted by molar-refractivity contribution is 7.09. The zero-order chi connectivity index (χ0) is 22.4. The predicted molar refractivity (Wildman–Crippen MR) is 115 cm³/mol. The van der Waals surface area contributed by atoms with Gasteiger partial charge in [0, 0.05) is 30.1 Å². The maximum atomic E-state index is 12.9. The number of nitrogens with zero attached hydrogens (tertiary/aromatic N) is 1. The Bertz CT molecular complexity index is 886. The molecule has 2 unspecified atom stereocenters. The van der Waals surface area contributed by atoms with Crippen LogP contribution in [0.3, 0.4) is 0 Å². The van der Waals surface area contributed by atoms with E-state index >= 15 is 0 Å². The number of urea groups is 1. The zero-order valence-corrected chi connectivity index (χ0v) is 18.1. The molecule has 168 valence electrons. The Morgan fingerprint density at radius 2 is 2.00 bits per heavy atom. The van der Waals surface area contributed by atoms with Crippen LogP contribution in [0.5, 0.6) is 0 Å². The van der Waals surface area contributed by atoms with Crippen LogP contribution in [0.4, 0.5) is 23.7 Å². The third-order valence-electron chi connectivity index (χ3n) is 5.63. The second-order valence-corrected chi connectivity index (χ2v) is 8.76. The number of carbonyl (C=O) groups is 2. The lowest BCUT2D eigenvalue weighted by atomic mass is 9.81. The van der Waals surface area contributed by atoms with E-state index in [1.807, 2.05) is 24.4 Å². The molecule has 3 rings (SSSR count). The summed E-state index contributed by atoms with van der Waals surface area (Å²) in [6.45, 7) is 3.48. The highest BCUT2D eigenvalue weighted by Gasteiger charge is 2.33. The Balaban J connectivity index is 1.52. The third-order valence-corrected chi connectivity index (χ3v) is 6.51. The minimum atomic E-state index is -4.46. The average Bonchev–Trinajstić information content (AvgIpc) is 3.26. The summed E-state index contributed by atoms with van der Waals surface area (Å²) in [4.78, 5) is 27.7. The van der Waals surface area contributed by atoms with Crippen molar-refractivity contribution in [1.82, 2.24) is 10.2 Å². The second-order valence-electron chi connectivity index (χ2n) is 7.73. The van der Waals surface area contributed by atoms with Gasteiger partial charge in [-0.3, -0.25) is 4.79 Å². The normalized spacial score (nSPS) is 19.2. The van der Waals surface area contributed by atoms with Gasteiger partial charge < -0.3 is 15.5 Å². The number of alkyl halides is 3. The molecule has 2 heterocycles. The highest BCUT2D eigenvalue weighted by Crippen LogP contribution is 2.32. The Morgan fingerprint density at radius 3 is 2.68 bits per heavy atom. The van der Waals surface area contributed by atoms with Crippen molar-refractivity contribution in [3.05, 3.63) is 52.2 Å². The van der Waals surface area contributed by atoms with Crippen LogP contribution < -0.4 is 10.6 Å². The molecule has 1 saturated heterocycles. The molecule has 0 saturated carbocycles. The summed E-state index contributed by atoms with van der Waals surface area (Å²) in [6.07, 6.45) is -2.55. The molecule has 3 amide bonds. The van der Waals surface area contributed by atoms with Crippen LogP contribution in [0, 0.1) is 11.8 Å². The van der Waals surface area contributed by atoms with Crippen LogP contribution in [-0.2, 0) is 17.5 Å². The number of rotatable bonds is 6. The summed E-state index contributed by atoms with van der Waals surface area (Å²) in [5.74, 6) is 0.332. The topological polar surface area (TPSA) is 61.4 Å². The quantitative estimate of drug-likeness (QED) is 0.619. The molecule has 9 heteroatoms. The lowest BCUT2D eigenvalue weighted by molar-refractivity contribution is -0.137. The number of likely N-dealkylation sites (tertiary alicyclic amines) is 1. The number of nitrogens with one attached hydrogen (secondary N) is 2. The predicted octanol–water partition coefficient (Wildman–Crippen LogP) is 5.35. The van der Waals surface area contributed by atoms with E-state index in [2.05, 4.69) is 10.6 Å². The zero-order valence-electron chi connectivity index (χ0n) is 17.2. The fourth-order valence-electron chi connectivity index (χ4n) is 3.88. The van der Waals surface area contributed by atoms with E-state index in [0.717, 1.165) is 23.4 Å². The number of hydrogen-bond donors (Lipinski definition) is 2. The molecule has 1 aromatic carbocycles. The molecule has 0 spiro atoms. The van der Waals surface area contributed by atoms with E-state index in [1.165, 1.54) is 12.1 Å². The summed E-state index contributed by atoms with van der Waals surface area (Å²) >= 11 is 1.59. The number of piperidine rings is 1. The van der Waals surface area contributed by atoms with Crippen molar-refractivity contribution in [2.24, 2.45) is 11.8 Å². The van der Waals surface area contributed by atoms with Crippen LogP contribution in [-0.4, -0.2) is 29.9 Å². The van der Waals surface area contributed by atoms with Crippen molar-refractivity contribution in [3.63, 3.8) is 0 Å². The van der Waals surface area contributed by atoms with Crippen LogP contribution in [0.2, 0.25) is 0 Å². The van der Waals surface area contributed by atoms with Gasteiger partial charge in [-0.25, -0.2) is 4.79 Å². The number of hydrogen-bond acceptors (Lipinski definition) is 3. The fourth-order valence-corrected chi connectivity index (χ4v) is 4.53. The largest absolute Gasteiger partial charge is 0.416 e. The Labute approximate surface area is 183 Å². The standard InChI is InChI=1S/C22H26F3N3O2S/c1-2-15-14-28(21(30)27-18-6-3-5-17(12-18)22(23,24)25)9-8-16(15)11-20(29)26-13-19-7-4-10-31-19/h3-7,10,12,15-16H,2,8-9,11,13-14H2,1H3,(H,26,29)(H,27,30). The van der Waals surface area contributed by atoms with Crippen molar-refractivity contribution in [1.29, 1.82) is 0 Å². The first-order chi connectivity index (χ1) is 14.8. The van der Waals surface area contributed by atoms with Gasteiger partial charge in [0.1, 0.15) is 0 Å². The van der Waals surface area contributed by atoms with E-state index < -0.39 is 17.8 Å². The molecule has 5 nitrogen and oxygen atoms in total. The monoisotopic (exact) mass is 453 g/mol. The van der Waals surface area contributed by atoms with Gasteiger partial charge in [-0.2, -0.15) is 13.2 Å². The lowest BCUT2D eigenvalue weighted by Crippen LogP contribution is -2.46. The SMILES string of the molecule is CCC1CN(C(=O)Nc2cccc(C(F)(F)F)c2)CCC1CC(=O)NCc1cccs1. The summed E-state index contributed by atoms with van der Waals surface area (Å²) < 4.78 is 38.7. The molecule has 2 aromatic rings. The van der Waals surface area contributed by atoms with Crippen molar-refractivity contribution >= 4 is 29.0 Å². The Morgan fingerprint density at radius 1 is 1.19 bits per heavy atom. The van der Waals surface area contributed by atoms with Crippen molar-refractivity contribution in [3.8, 4) is 0 Å². The first-order valence-corrected chi connectivity index (χ1v) is 11.2. The van der Waals surface area contributed by atoms with Gasteiger partial charge in [0.25, 0.3) is 0 Å². The number of benzene rings is 1. The Kier molecular flexibility index (Phi) is 7.59. The number of anilines is 1. The van der Waals surface area contributed by atoms with Gasteiger partial charge >= 0.3 is 12.2 Å². The molecule has 1 aliphatic rings. The molecule has 1 aromatic heterocycles.